The number of thiazole rings is 1. The molecule has 0 radical (unpaired) electrons. The lowest BCUT2D eigenvalue weighted by molar-refractivity contribution is 0.0977. The van der Waals surface area contributed by atoms with Crippen molar-refractivity contribution in [3.05, 3.63) is 38.0 Å². The molecular weight excluding hydrogens is 328 g/mol. The van der Waals surface area contributed by atoms with Crippen LogP contribution < -0.4 is 4.72 Å². The molecule has 2 rings (SSSR count). The van der Waals surface area contributed by atoms with E-state index in [1.165, 1.54) is 22.7 Å². The van der Waals surface area contributed by atoms with Crippen LogP contribution in [-0.4, -0.2) is 19.3 Å². The lowest BCUT2D eigenvalue weighted by Crippen LogP contribution is -2.31. The third-order valence-electron chi connectivity index (χ3n) is 2.79. The number of nitrogens with one attached hydrogen (secondary N) is 1. The minimum absolute atomic E-state index is 0.148. The number of thiophene rings is 1. The minimum atomic E-state index is -3.71. The predicted molar refractivity (Wildman–Crippen MR) is 85.3 cm³/mol. The first-order valence-corrected chi connectivity index (χ1v) is 9.73. The van der Waals surface area contributed by atoms with Crippen molar-refractivity contribution in [3.8, 4) is 0 Å². The first-order chi connectivity index (χ1) is 9.78. The number of hydrogen-bond donors (Lipinski definition) is 1. The lowest BCUT2D eigenvalue weighted by atomic mass is 10.2. The fraction of sp³-hybridized carbons (Fsp3) is 0.385. The van der Waals surface area contributed by atoms with Crippen LogP contribution in [-0.2, 0) is 15.8 Å². The van der Waals surface area contributed by atoms with Crippen molar-refractivity contribution in [3.63, 3.8) is 0 Å². The Labute approximate surface area is 132 Å². The Morgan fingerprint density at radius 2 is 2.10 bits per heavy atom. The highest BCUT2D eigenvalue weighted by Gasteiger charge is 2.20. The summed E-state index contributed by atoms with van der Waals surface area (Å²) < 4.78 is 26.1. The number of rotatable bonds is 5. The highest BCUT2D eigenvalue weighted by Crippen LogP contribution is 2.20. The SMILES string of the molecule is Cc1ccsc1CS(=O)(=O)NC(=O)c1csc(C(C)C)n1. The summed E-state index contributed by atoms with van der Waals surface area (Å²) in [5, 5.41) is 4.22. The Morgan fingerprint density at radius 3 is 2.62 bits per heavy atom. The van der Waals surface area contributed by atoms with Crippen molar-refractivity contribution in [1.82, 2.24) is 9.71 Å². The summed E-state index contributed by atoms with van der Waals surface area (Å²) in [5.74, 6) is -0.655. The smallest absolute Gasteiger partial charge is 0.266 e. The van der Waals surface area contributed by atoms with Gasteiger partial charge in [0.05, 0.1) is 5.01 Å². The maximum absolute atomic E-state index is 12.0. The van der Waals surface area contributed by atoms with E-state index in [0.717, 1.165) is 15.4 Å². The van der Waals surface area contributed by atoms with Crippen LogP contribution in [0.15, 0.2) is 16.8 Å². The second-order valence-corrected chi connectivity index (χ2v) is 8.56. The van der Waals surface area contributed by atoms with E-state index in [9.17, 15) is 13.2 Å². The zero-order valence-corrected chi connectivity index (χ0v) is 14.4. The predicted octanol–water partition coefficient (Wildman–Crippen LogP) is 2.90. The van der Waals surface area contributed by atoms with E-state index in [4.69, 9.17) is 0 Å². The normalized spacial score (nSPS) is 11.8. The third-order valence-corrected chi connectivity index (χ3v) is 6.30. The molecule has 114 valence electrons. The highest BCUT2D eigenvalue weighted by atomic mass is 32.2. The van der Waals surface area contributed by atoms with Gasteiger partial charge in [-0.15, -0.1) is 22.7 Å². The molecule has 1 N–H and O–H groups in total. The van der Waals surface area contributed by atoms with Gasteiger partial charge in [-0.2, -0.15) is 0 Å². The molecule has 2 aromatic rings. The maximum atomic E-state index is 12.0. The Morgan fingerprint density at radius 1 is 1.38 bits per heavy atom. The topological polar surface area (TPSA) is 76.1 Å². The third kappa shape index (κ3) is 4.12. The number of nitrogens with zero attached hydrogens (tertiary/aromatic N) is 1. The van der Waals surface area contributed by atoms with E-state index in [2.05, 4.69) is 9.71 Å². The van der Waals surface area contributed by atoms with Crippen LogP contribution in [0.1, 0.15) is 45.7 Å². The van der Waals surface area contributed by atoms with Gasteiger partial charge in [-0.25, -0.2) is 18.1 Å². The van der Waals surface area contributed by atoms with Crippen molar-refractivity contribution < 1.29 is 13.2 Å². The Hall–Kier alpha value is -1.25. The maximum Gasteiger partial charge on any atom is 0.284 e. The fourth-order valence-electron chi connectivity index (χ4n) is 1.61. The molecule has 0 aliphatic rings. The van der Waals surface area contributed by atoms with E-state index in [1.807, 2.05) is 32.2 Å². The molecule has 0 aromatic carbocycles. The Balaban J connectivity index is 2.09. The molecule has 0 aliphatic heterocycles. The second kappa shape index (κ2) is 6.25. The molecule has 5 nitrogen and oxygen atoms in total. The quantitative estimate of drug-likeness (QED) is 0.905. The van der Waals surface area contributed by atoms with Gasteiger partial charge in [0.25, 0.3) is 5.91 Å². The lowest BCUT2D eigenvalue weighted by Gasteiger charge is -2.05. The van der Waals surface area contributed by atoms with Crippen LogP contribution in [0.2, 0.25) is 0 Å². The number of aromatic nitrogens is 1. The second-order valence-electron chi connectivity index (χ2n) is 4.94. The van der Waals surface area contributed by atoms with Gasteiger partial charge < -0.3 is 0 Å². The van der Waals surface area contributed by atoms with E-state index in [1.54, 1.807) is 5.38 Å². The van der Waals surface area contributed by atoms with E-state index in [0.29, 0.717) is 0 Å². The van der Waals surface area contributed by atoms with Crippen molar-refractivity contribution in [2.24, 2.45) is 0 Å². The highest BCUT2D eigenvalue weighted by molar-refractivity contribution is 7.89. The Kier molecular flexibility index (Phi) is 4.80. The number of carbonyl (C=O) groups is 1. The number of sulfonamides is 1. The van der Waals surface area contributed by atoms with E-state index in [-0.39, 0.29) is 17.4 Å². The Bertz CT molecular complexity index is 744. The summed E-state index contributed by atoms with van der Waals surface area (Å²) in [5.41, 5.74) is 1.06. The summed E-state index contributed by atoms with van der Waals surface area (Å²) in [6, 6.07) is 1.85. The molecule has 2 aromatic heterocycles. The van der Waals surface area contributed by atoms with Crippen LogP contribution in [0, 0.1) is 6.92 Å². The summed E-state index contributed by atoms with van der Waals surface area (Å²) in [7, 11) is -3.71. The van der Waals surface area contributed by atoms with Crippen molar-refractivity contribution in [2.45, 2.75) is 32.4 Å². The molecule has 0 bridgehead atoms. The minimum Gasteiger partial charge on any atom is -0.266 e. The van der Waals surface area contributed by atoms with Gasteiger partial charge in [-0.1, -0.05) is 13.8 Å². The van der Waals surface area contributed by atoms with E-state index >= 15 is 0 Å². The molecule has 21 heavy (non-hydrogen) atoms. The zero-order chi connectivity index (χ0) is 15.6. The average Bonchev–Trinajstić information content (AvgIpc) is 2.98. The molecule has 0 saturated heterocycles. The van der Waals surface area contributed by atoms with Gasteiger partial charge in [-0.05, 0) is 23.9 Å². The summed E-state index contributed by atoms with van der Waals surface area (Å²) in [6.07, 6.45) is 0. The first-order valence-electron chi connectivity index (χ1n) is 6.31. The van der Waals surface area contributed by atoms with Gasteiger partial charge in [0.1, 0.15) is 11.4 Å². The summed E-state index contributed by atoms with van der Waals surface area (Å²) >= 11 is 2.72. The summed E-state index contributed by atoms with van der Waals surface area (Å²) in [6.45, 7) is 5.78. The number of amides is 1. The van der Waals surface area contributed by atoms with Gasteiger partial charge in [0, 0.05) is 16.2 Å². The molecule has 0 atom stereocenters. The van der Waals surface area contributed by atoms with Crippen LogP contribution >= 0.6 is 22.7 Å². The van der Waals surface area contributed by atoms with Crippen LogP contribution in [0.4, 0.5) is 0 Å². The number of hydrogen-bond acceptors (Lipinski definition) is 6. The largest absolute Gasteiger partial charge is 0.284 e. The van der Waals surface area contributed by atoms with Crippen LogP contribution in [0.25, 0.3) is 0 Å². The molecule has 0 unspecified atom stereocenters. The average molecular weight is 344 g/mol. The molecule has 0 spiro atoms. The van der Waals surface area contributed by atoms with Crippen molar-refractivity contribution in [1.29, 1.82) is 0 Å². The van der Waals surface area contributed by atoms with E-state index < -0.39 is 15.9 Å². The first kappa shape index (κ1) is 16.1. The van der Waals surface area contributed by atoms with Gasteiger partial charge in [-0.3, -0.25) is 4.79 Å². The van der Waals surface area contributed by atoms with Crippen molar-refractivity contribution in [2.75, 3.05) is 0 Å². The fourth-order valence-corrected chi connectivity index (χ4v) is 4.89. The number of carbonyl (C=O) groups excluding carboxylic acids is 1. The molecule has 0 fully saturated rings. The molecule has 0 aliphatic carbocycles. The zero-order valence-electron chi connectivity index (χ0n) is 11.9. The van der Waals surface area contributed by atoms with Gasteiger partial charge in [0.2, 0.25) is 10.0 Å². The van der Waals surface area contributed by atoms with Crippen LogP contribution in [0.3, 0.4) is 0 Å². The van der Waals surface area contributed by atoms with Gasteiger partial charge >= 0.3 is 0 Å². The molecule has 8 heteroatoms. The van der Waals surface area contributed by atoms with Crippen molar-refractivity contribution >= 4 is 38.6 Å². The standard InChI is InChI=1S/C13H16N2O3S3/c1-8(2)13-14-10(6-20-13)12(16)15-21(17,18)7-11-9(3)4-5-19-11/h4-6,8H,7H2,1-3H3,(H,15,16). The number of aryl methyl sites for hydroxylation is 1. The monoisotopic (exact) mass is 344 g/mol. The summed E-state index contributed by atoms with van der Waals surface area (Å²) in [4.78, 5) is 16.9. The van der Waals surface area contributed by atoms with Gasteiger partial charge in [0.15, 0.2) is 0 Å². The molecule has 1 amide bonds. The molecule has 0 saturated carbocycles. The van der Waals surface area contributed by atoms with Crippen LogP contribution in [0.5, 0.6) is 0 Å². The molecule has 2 heterocycles. The molecular formula is C13H16N2O3S3.